The second kappa shape index (κ2) is 8.38. The van der Waals surface area contributed by atoms with Crippen LogP contribution in [-0.4, -0.2) is 61.6 Å². The first-order valence-electron chi connectivity index (χ1n) is 7.29. The summed E-state index contributed by atoms with van der Waals surface area (Å²) in [6, 6.07) is 4.71. The van der Waals surface area contributed by atoms with Gasteiger partial charge in [0, 0.05) is 31.2 Å². The molecular formula is C15H19Cl2N3O3. The van der Waals surface area contributed by atoms with Crippen LogP contribution in [0.2, 0.25) is 10.0 Å². The number of methoxy groups -OCH3 is 1. The second-order valence-electron chi connectivity index (χ2n) is 5.25. The summed E-state index contributed by atoms with van der Waals surface area (Å²) in [4.78, 5) is 27.4. The van der Waals surface area contributed by atoms with Crippen LogP contribution in [0.25, 0.3) is 0 Å². The van der Waals surface area contributed by atoms with E-state index in [1.165, 1.54) is 7.11 Å². The van der Waals surface area contributed by atoms with Gasteiger partial charge >= 0.3 is 12.0 Å². The molecule has 0 radical (unpaired) electrons. The normalized spacial score (nSPS) is 15.9. The summed E-state index contributed by atoms with van der Waals surface area (Å²) in [6.45, 7) is 2.77. The molecule has 0 saturated carbocycles. The number of amides is 2. The number of hydrogen-bond acceptors (Lipinski definition) is 4. The van der Waals surface area contributed by atoms with Crippen molar-refractivity contribution in [1.29, 1.82) is 0 Å². The van der Waals surface area contributed by atoms with Crippen molar-refractivity contribution in [2.24, 2.45) is 0 Å². The van der Waals surface area contributed by atoms with E-state index in [1.54, 1.807) is 23.1 Å². The molecule has 1 aromatic rings. The van der Waals surface area contributed by atoms with E-state index in [0.717, 1.165) is 13.0 Å². The van der Waals surface area contributed by atoms with E-state index >= 15 is 0 Å². The molecule has 0 unspecified atom stereocenters. The van der Waals surface area contributed by atoms with Crippen LogP contribution in [0.1, 0.15) is 6.42 Å². The van der Waals surface area contributed by atoms with Crippen molar-refractivity contribution in [1.82, 2.24) is 9.80 Å². The fraction of sp³-hybridized carbons (Fsp3) is 0.467. The van der Waals surface area contributed by atoms with Gasteiger partial charge < -0.3 is 15.0 Å². The molecule has 2 rings (SSSR count). The van der Waals surface area contributed by atoms with E-state index in [1.807, 2.05) is 4.90 Å². The number of urea groups is 1. The third-order valence-corrected chi connectivity index (χ3v) is 4.18. The smallest absolute Gasteiger partial charge is 0.321 e. The fourth-order valence-electron chi connectivity index (χ4n) is 2.36. The Labute approximate surface area is 145 Å². The molecule has 6 nitrogen and oxygen atoms in total. The predicted molar refractivity (Wildman–Crippen MR) is 90.1 cm³/mol. The molecule has 0 aliphatic carbocycles. The molecule has 0 atom stereocenters. The summed E-state index contributed by atoms with van der Waals surface area (Å²) in [7, 11) is 1.37. The van der Waals surface area contributed by atoms with E-state index in [2.05, 4.69) is 10.1 Å². The van der Waals surface area contributed by atoms with Gasteiger partial charge in [0.05, 0.1) is 24.4 Å². The quantitative estimate of drug-likeness (QED) is 0.842. The molecule has 1 heterocycles. The van der Waals surface area contributed by atoms with Crippen molar-refractivity contribution >= 4 is 40.9 Å². The molecule has 0 aromatic heterocycles. The largest absolute Gasteiger partial charge is 0.468 e. The molecule has 0 spiro atoms. The van der Waals surface area contributed by atoms with Crippen LogP contribution in [0.15, 0.2) is 18.2 Å². The van der Waals surface area contributed by atoms with Crippen LogP contribution in [-0.2, 0) is 9.53 Å². The molecule has 1 aromatic carbocycles. The highest BCUT2D eigenvalue weighted by atomic mass is 35.5. The number of esters is 1. The molecule has 2 amide bonds. The molecule has 8 heteroatoms. The zero-order valence-corrected chi connectivity index (χ0v) is 14.4. The highest BCUT2D eigenvalue weighted by Gasteiger charge is 2.21. The number of anilines is 1. The van der Waals surface area contributed by atoms with Crippen LogP contribution in [0.4, 0.5) is 10.5 Å². The monoisotopic (exact) mass is 359 g/mol. The number of benzene rings is 1. The van der Waals surface area contributed by atoms with Crippen LogP contribution in [0.3, 0.4) is 0 Å². The first-order chi connectivity index (χ1) is 11.0. The van der Waals surface area contributed by atoms with Gasteiger partial charge in [-0.3, -0.25) is 9.69 Å². The molecule has 1 aliphatic heterocycles. The van der Waals surface area contributed by atoms with Crippen molar-refractivity contribution < 1.29 is 14.3 Å². The molecule has 23 heavy (non-hydrogen) atoms. The summed E-state index contributed by atoms with van der Waals surface area (Å²) < 4.78 is 4.67. The molecule has 0 bridgehead atoms. The Morgan fingerprint density at radius 3 is 2.70 bits per heavy atom. The maximum Gasteiger partial charge on any atom is 0.321 e. The summed E-state index contributed by atoms with van der Waals surface area (Å²) >= 11 is 11.9. The Morgan fingerprint density at radius 1 is 1.22 bits per heavy atom. The average molecular weight is 360 g/mol. The number of ether oxygens (including phenoxy) is 1. The minimum Gasteiger partial charge on any atom is -0.468 e. The van der Waals surface area contributed by atoms with Gasteiger partial charge in [0.15, 0.2) is 0 Å². The Morgan fingerprint density at radius 2 is 2.00 bits per heavy atom. The van der Waals surface area contributed by atoms with Crippen molar-refractivity contribution in [3.05, 3.63) is 28.2 Å². The number of hydrogen-bond donors (Lipinski definition) is 1. The second-order valence-corrected chi connectivity index (χ2v) is 6.09. The van der Waals surface area contributed by atoms with Gasteiger partial charge in [-0.2, -0.15) is 0 Å². The Hall–Kier alpha value is -1.50. The zero-order valence-electron chi connectivity index (χ0n) is 12.8. The molecule has 1 fully saturated rings. The summed E-state index contributed by atoms with van der Waals surface area (Å²) in [5.41, 5.74) is 0.525. The van der Waals surface area contributed by atoms with Crippen molar-refractivity contribution in [2.45, 2.75) is 6.42 Å². The van der Waals surface area contributed by atoms with Crippen LogP contribution in [0.5, 0.6) is 0 Å². The standard InChI is InChI=1S/C15H19Cl2N3O3/c1-23-14(21)10-19-5-2-6-20(8-7-19)15(22)18-13-4-3-11(16)9-12(13)17/h3-4,9H,2,5-8,10H2,1H3,(H,18,22). The first-order valence-corrected chi connectivity index (χ1v) is 8.05. The van der Waals surface area contributed by atoms with Gasteiger partial charge in [0.2, 0.25) is 0 Å². The molecule has 1 saturated heterocycles. The lowest BCUT2D eigenvalue weighted by Gasteiger charge is -2.22. The Bertz CT molecular complexity index is 583. The molecule has 126 valence electrons. The third kappa shape index (κ3) is 5.27. The summed E-state index contributed by atoms with van der Waals surface area (Å²) in [5.74, 6) is -0.268. The van der Waals surface area contributed by atoms with E-state index < -0.39 is 0 Å². The van der Waals surface area contributed by atoms with E-state index in [-0.39, 0.29) is 18.5 Å². The zero-order chi connectivity index (χ0) is 16.8. The minimum absolute atomic E-state index is 0.214. The number of halogens is 2. The topological polar surface area (TPSA) is 61.9 Å². The molecule has 1 aliphatic rings. The van der Waals surface area contributed by atoms with Gasteiger partial charge in [0.25, 0.3) is 0 Å². The van der Waals surface area contributed by atoms with Gasteiger partial charge in [-0.15, -0.1) is 0 Å². The predicted octanol–water partition coefficient (Wildman–Crippen LogP) is 2.71. The highest BCUT2D eigenvalue weighted by Crippen LogP contribution is 2.25. The maximum absolute atomic E-state index is 12.4. The van der Waals surface area contributed by atoms with Gasteiger partial charge in [-0.25, -0.2) is 4.79 Å². The van der Waals surface area contributed by atoms with Gasteiger partial charge in [0.1, 0.15) is 0 Å². The minimum atomic E-state index is -0.268. The van der Waals surface area contributed by atoms with Gasteiger partial charge in [-0.1, -0.05) is 23.2 Å². The lowest BCUT2D eigenvalue weighted by molar-refractivity contribution is -0.141. The van der Waals surface area contributed by atoms with Crippen molar-refractivity contribution in [2.75, 3.05) is 45.2 Å². The van der Waals surface area contributed by atoms with Crippen molar-refractivity contribution in [3.63, 3.8) is 0 Å². The molecule has 1 N–H and O–H groups in total. The fourth-order valence-corrected chi connectivity index (χ4v) is 2.82. The van der Waals surface area contributed by atoms with E-state index in [0.29, 0.717) is 35.4 Å². The number of carbonyl (C=O) groups is 2. The van der Waals surface area contributed by atoms with Crippen LogP contribution in [0, 0.1) is 0 Å². The number of rotatable bonds is 3. The third-order valence-electron chi connectivity index (χ3n) is 3.63. The van der Waals surface area contributed by atoms with Crippen LogP contribution < -0.4 is 5.32 Å². The number of nitrogens with one attached hydrogen (secondary N) is 1. The van der Waals surface area contributed by atoms with E-state index in [4.69, 9.17) is 23.2 Å². The molecular weight excluding hydrogens is 341 g/mol. The summed E-state index contributed by atoms with van der Waals surface area (Å²) in [5, 5.41) is 3.70. The number of nitrogens with zero attached hydrogens (tertiary/aromatic N) is 2. The van der Waals surface area contributed by atoms with Crippen LogP contribution >= 0.6 is 23.2 Å². The highest BCUT2D eigenvalue weighted by molar-refractivity contribution is 6.36. The number of carbonyl (C=O) groups excluding carboxylic acids is 2. The first kappa shape index (κ1) is 17.8. The average Bonchev–Trinajstić information content (AvgIpc) is 2.75. The lowest BCUT2D eigenvalue weighted by Crippen LogP contribution is -2.39. The van der Waals surface area contributed by atoms with Crippen molar-refractivity contribution in [3.8, 4) is 0 Å². The lowest BCUT2D eigenvalue weighted by atomic mass is 10.3. The maximum atomic E-state index is 12.4. The Kier molecular flexibility index (Phi) is 6.50. The summed E-state index contributed by atoms with van der Waals surface area (Å²) in [6.07, 6.45) is 0.790. The van der Waals surface area contributed by atoms with Gasteiger partial charge in [-0.05, 0) is 24.6 Å². The van der Waals surface area contributed by atoms with E-state index in [9.17, 15) is 9.59 Å². The SMILES string of the molecule is COC(=O)CN1CCCN(C(=O)Nc2ccc(Cl)cc2Cl)CC1. The Balaban J connectivity index is 1.91.